The van der Waals surface area contributed by atoms with Crippen molar-refractivity contribution >= 4 is 32.7 Å². The van der Waals surface area contributed by atoms with Crippen LogP contribution in [0.4, 0.5) is 5.82 Å². The molecule has 0 radical (unpaired) electrons. The largest absolute Gasteiger partial charge is 0.464 e. The minimum atomic E-state index is 0.691. The Morgan fingerprint density at radius 3 is 2.81 bits per heavy atom. The van der Waals surface area contributed by atoms with Gasteiger partial charge >= 0.3 is 0 Å². The van der Waals surface area contributed by atoms with Crippen LogP contribution in [-0.4, -0.2) is 17.0 Å². The van der Waals surface area contributed by atoms with Crippen molar-refractivity contribution in [2.24, 2.45) is 0 Å². The van der Waals surface area contributed by atoms with Gasteiger partial charge in [-0.25, -0.2) is 9.97 Å². The van der Waals surface area contributed by atoms with Crippen molar-refractivity contribution in [1.29, 1.82) is 0 Å². The monoisotopic (exact) mass is 345 g/mol. The van der Waals surface area contributed by atoms with Gasteiger partial charge in [0.25, 0.3) is 0 Å². The molecule has 0 aliphatic heterocycles. The topological polar surface area (TPSA) is 51.0 Å². The van der Waals surface area contributed by atoms with Gasteiger partial charge in [0.15, 0.2) is 5.82 Å². The molecule has 0 fully saturated rings. The number of anilines is 1. The third-order valence-electron chi connectivity index (χ3n) is 3.37. The summed E-state index contributed by atoms with van der Waals surface area (Å²) >= 11 is 3.58. The van der Waals surface area contributed by atoms with Crippen LogP contribution >= 0.6 is 15.9 Å². The van der Waals surface area contributed by atoms with Crippen molar-refractivity contribution < 1.29 is 4.42 Å². The van der Waals surface area contributed by atoms with E-state index < -0.39 is 0 Å². The molecule has 0 unspecified atom stereocenters. The number of nitrogens with zero attached hydrogens (tertiary/aromatic N) is 2. The highest BCUT2D eigenvalue weighted by Crippen LogP contribution is 2.32. The highest BCUT2D eigenvalue weighted by atomic mass is 79.9. The minimum absolute atomic E-state index is 0.691. The maximum absolute atomic E-state index is 5.59. The zero-order valence-corrected chi connectivity index (χ0v) is 13.6. The van der Waals surface area contributed by atoms with E-state index in [1.165, 1.54) is 0 Å². The van der Waals surface area contributed by atoms with Crippen LogP contribution in [0.1, 0.15) is 19.0 Å². The summed E-state index contributed by atoms with van der Waals surface area (Å²) in [4.78, 5) is 9.30. The van der Waals surface area contributed by atoms with Crippen molar-refractivity contribution in [2.75, 3.05) is 12.4 Å². The quantitative estimate of drug-likeness (QED) is 0.747. The number of fused-ring (bicyclic) bond motifs is 1. The Morgan fingerprint density at radius 1 is 1.24 bits per heavy atom. The van der Waals surface area contributed by atoms with Gasteiger partial charge in [0.1, 0.15) is 17.7 Å². The number of benzene rings is 1. The molecule has 4 nitrogen and oxygen atoms in total. The molecule has 0 saturated heterocycles. The summed E-state index contributed by atoms with van der Waals surface area (Å²) in [7, 11) is 1.86. The molecule has 0 aliphatic rings. The number of nitrogens with one attached hydrogen (secondary N) is 1. The van der Waals surface area contributed by atoms with E-state index in [0.717, 1.165) is 45.4 Å². The summed E-state index contributed by atoms with van der Waals surface area (Å²) in [5.74, 6) is 1.49. The number of rotatable bonds is 4. The first-order valence-corrected chi connectivity index (χ1v) is 7.74. The number of aromatic nitrogens is 2. The van der Waals surface area contributed by atoms with Crippen LogP contribution in [0.25, 0.3) is 22.4 Å². The zero-order valence-electron chi connectivity index (χ0n) is 12.0. The molecule has 1 aromatic carbocycles. The number of furan rings is 1. The molecular weight excluding hydrogens is 330 g/mol. The van der Waals surface area contributed by atoms with E-state index in [0.29, 0.717) is 5.82 Å². The summed E-state index contributed by atoms with van der Waals surface area (Å²) < 4.78 is 6.53. The molecule has 5 heteroatoms. The third-order valence-corrected chi connectivity index (χ3v) is 4.20. The van der Waals surface area contributed by atoms with E-state index in [1.54, 1.807) is 6.26 Å². The highest BCUT2D eigenvalue weighted by Gasteiger charge is 2.15. The Morgan fingerprint density at radius 2 is 2.05 bits per heavy atom. The van der Waals surface area contributed by atoms with Crippen LogP contribution in [0.15, 0.2) is 39.4 Å². The predicted octanol–water partition coefficient (Wildman–Crippen LogP) is 4.65. The standard InChI is InChI=1S/C16H16BrN3O/c1-3-6-12-14(17)16(18-2)20-15(19-12)11-9-21-13-8-5-4-7-10(11)13/h4-5,7-9H,3,6H2,1-2H3,(H,18,19,20). The lowest BCUT2D eigenvalue weighted by atomic mass is 10.1. The average Bonchev–Trinajstić information content (AvgIpc) is 2.93. The maximum atomic E-state index is 5.59. The molecule has 3 aromatic rings. The Bertz CT molecular complexity index is 782. The van der Waals surface area contributed by atoms with E-state index in [1.807, 2.05) is 31.3 Å². The Labute approximate surface area is 131 Å². The second-order valence-electron chi connectivity index (χ2n) is 4.80. The summed E-state index contributed by atoms with van der Waals surface area (Å²) in [5.41, 5.74) is 2.78. The van der Waals surface area contributed by atoms with Crippen molar-refractivity contribution in [2.45, 2.75) is 19.8 Å². The van der Waals surface area contributed by atoms with Crippen LogP contribution < -0.4 is 5.32 Å². The zero-order chi connectivity index (χ0) is 14.8. The van der Waals surface area contributed by atoms with Crippen LogP contribution in [0.2, 0.25) is 0 Å². The molecule has 0 aliphatic carbocycles. The van der Waals surface area contributed by atoms with Crippen molar-refractivity contribution in [3.63, 3.8) is 0 Å². The van der Waals surface area contributed by atoms with Gasteiger partial charge in [0.2, 0.25) is 0 Å². The fourth-order valence-corrected chi connectivity index (χ4v) is 2.91. The molecule has 0 bridgehead atoms. The van der Waals surface area contributed by atoms with Gasteiger partial charge in [-0.3, -0.25) is 0 Å². The van der Waals surface area contributed by atoms with Gasteiger partial charge in [0.05, 0.1) is 15.7 Å². The normalized spacial score (nSPS) is 11.0. The summed E-state index contributed by atoms with van der Waals surface area (Å²) in [6.45, 7) is 2.14. The smallest absolute Gasteiger partial charge is 0.165 e. The molecular formula is C16H16BrN3O. The van der Waals surface area contributed by atoms with Gasteiger partial charge in [-0.15, -0.1) is 0 Å². The summed E-state index contributed by atoms with van der Waals surface area (Å²) in [6.07, 6.45) is 3.66. The number of aryl methyl sites for hydroxylation is 1. The van der Waals surface area contributed by atoms with Crippen molar-refractivity contribution in [3.8, 4) is 11.4 Å². The lowest BCUT2D eigenvalue weighted by Crippen LogP contribution is -2.03. The number of hydrogen-bond acceptors (Lipinski definition) is 4. The first-order chi connectivity index (χ1) is 10.2. The first kappa shape index (κ1) is 14.1. The molecule has 0 amide bonds. The van der Waals surface area contributed by atoms with E-state index in [-0.39, 0.29) is 0 Å². The lowest BCUT2D eigenvalue weighted by Gasteiger charge is -2.10. The Balaban J connectivity index is 2.19. The fourth-order valence-electron chi connectivity index (χ4n) is 2.33. The Kier molecular flexibility index (Phi) is 3.92. The number of halogens is 1. The van der Waals surface area contributed by atoms with E-state index in [4.69, 9.17) is 9.40 Å². The van der Waals surface area contributed by atoms with Crippen LogP contribution in [0.3, 0.4) is 0 Å². The van der Waals surface area contributed by atoms with Crippen molar-refractivity contribution in [1.82, 2.24) is 9.97 Å². The second kappa shape index (κ2) is 5.85. The van der Waals surface area contributed by atoms with Gasteiger partial charge < -0.3 is 9.73 Å². The fraction of sp³-hybridized carbons (Fsp3) is 0.250. The van der Waals surface area contributed by atoms with Gasteiger partial charge in [-0.2, -0.15) is 0 Å². The van der Waals surface area contributed by atoms with E-state index in [2.05, 4.69) is 33.2 Å². The van der Waals surface area contributed by atoms with Crippen LogP contribution in [-0.2, 0) is 6.42 Å². The molecule has 0 spiro atoms. The van der Waals surface area contributed by atoms with Gasteiger partial charge in [-0.1, -0.05) is 31.5 Å². The maximum Gasteiger partial charge on any atom is 0.165 e. The predicted molar refractivity (Wildman–Crippen MR) is 88.5 cm³/mol. The van der Waals surface area contributed by atoms with Crippen LogP contribution in [0, 0.1) is 0 Å². The summed E-state index contributed by atoms with van der Waals surface area (Å²) in [6, 6.07) is 7.92. The van der Waals surface area contributed by atoms with Crippen molar-refractivity contribution in [3.05, 3.63) is 40.7 Å². The van der Waals surface area contributed by atoms with Gasteiger partial charge in [0, 0.05) is 12.4 Å². The first-order valence-electron chi connectivity index (χ1n) is 6.95. The molecule has 1 N–H and O–H groups in total. The molecule has 0 saturated carbocycles. The minimum Gasteiger partial charge on any atom is -0.464 e. The molecule has 2 aromatic heterocycles. The molecule has 3 rings (SSSR count). The third kappa shape index (κ3) is 2.53. The highest BCUT2D eigenvalue weighted by molar-refractivity contribution is 9.10. The molecule has 2 heterocycles. The lowest BCUT2D eigenvalue weighted by molar-refractivity contribution is 0.616. The molecule has 21 heavy (non-hydrogen) atoms. The summed E-state index contributed by atoms with van der Waals surface area (Å²) in [5, 5.41) is 4.15. The number of hydrogen-bond donors (Lipinski definition) is 1. The second-order valence-corrected chi connectivity index (χ2v) is 5.60. The SMILES string of the molecule is CCCc1nc(-c2coc3ccccc23)nc(NC)c1Br. The Hall–Kier alpha value is -1.88. The molecule has 0 atom stereocenters. The number of para-hydroxylation sites is 1. The van der Waals surface area contributed by atoms with Gasteiger partial charge in [-0.05, 0) is 28.4 Å². The van der Waals surface area contributed by atoms with Crippen LogP contribution in [0.5, 0.6) is 0 Å². The van der Waals surface area contributed by atoms with E-state index in [9.17, 15) is 0 Å². The average molecular weight is 346 g/mol. The molecule has 108 valence electrons. The van der Waals surface area contributed by atoms with E-state index >= 15 is 0 Å².